The first-order valence-corrected chi connectivity index (χ1v) is 29.0. The van der Waals surface area contributed by atoms with E-state index in [2.05, 4.69) is 63.3 Å². The van der Waals surface area contributed by atoms with Gasteiger partial charge in [0.15, 0.2) is 6.10 Å². The second-order valence-electron chi connectivity index (χ2n) is 19.3. The average molecular weight is 950 g/mol. The fourth-order valence-electron chi connectivity index (χ4n) is 8.21. The number of esters is 3. The Hall–Kier alpha value is -3.15. The Balaban J connectivity index is 4.37. The summed E-state index contributed by atoms with van der Waals surface area (Å²) in [5, 5.41) is 0. The largest absolute Gasteiger partial charge is 0.462 e. The van der Waals surface area contributed by atoms with Crippen molar-refractivity contribution in [1.29, 1.82) is 0 Å². The van der Waals surface area contributed by atoms with Gasteiger partial charge in [-0.2, -0.15) is 0 Å². The normalized spacial score (nSPS) is 12.6. The Labute approximate surface area is 421 Å². The molecule has 0 amide bonds. The number of allylic oxidation sites excluding steroid dienone is 12. The van der Waals surface area contributed by atoms with Gasteiger partial charge in [-0.05, 0) is 64.2 Å². The van der Waals surface area contributed by atoms with E-state index < -0.39 is 6.10 Å². The van der Waals surface area contributed by atoms with E-state index in [1.54, 1.807) is 0 Å². The zero-order valence-corrected chi connectivity index (χ0v) is 44.9. The van der Waals surface area contributed by atoms with E-state index in [1.165, 1.54) is 173 Å². The summed E-state index contributed by atoms with van der Waals surface area (Å²) >= 11 is 0. The van der Waals surface area contributed by atoms with E-state index in [-0.39, 0.29) is 31.1 Å². The minimum absolute atomic E-state index is 0.0878. The molecule has 0 heterocycles. The van der Waals surface area contributed by atoms with Crippen LogP contribution in [0.4, 0.5) is 0 Å². The van der Waals surface area contributed by atoms with Crippen LogP contribution in [0.5, 0.6) is 0 Å². The van der Waals surface area contributed by atoms with Gasteiger partial charge in [-0.25, -0.2) is 0 Å². The first-order valence-electron chi connectivity index (χ1n) is 29.0. The van der Waals surface area contributed by atoms with Crippen LogP contribution < -0.4 is 0 Å². The molecule has 0 aromatic heterocycles. The van der Waals surface area contributed by atoms with Crippen molar-refractivity contribution >= 4 is 17.9 Å². The quantitative estimate of drug-likeness (QED) is 0.0262. The lowest BCUT2D eigenvalue weighted by molar-refractivity contribution is -0.167. The first kappa shape index (κ1) is 64.8. The van der Waals surface area contributed by atoms with Gasteiger partial charge in [0, 0.05) is 19.3 Å². The lowest BCUT2D eigenvalue weighted by atomic mass is 10.0. The molecule has 0 aliphatic rings. The lowest BCUT2D eigenvalue weighted by Crippen LogP contribution is -2.30. The van der Waals surface area contributed by atoms with Gasteiger partial charge >= 0.3 is 17.9 Å². The molecule has 0 rings (SSSR count). The molecule has 0 bridgehead atoms. The summed E-state index contributed by atoms with van der Waals surface area (Å²) in [6.07, 6.45) is 71.8. The van der Waals surface area contributed by atoms with Crippen LogP contribution in [0.25, 0.3) is 0 Å². The molecule has 0 saturated heterocycles. The molecule has 0 N–H and O–H groups in total. The average Bonchev–Trinajstić information content (AvgIpc) is 3.34. The highest BCUT2D eigenvalue weighted by Crippen LogP contribution is 2.16. The van der Waals surface area contributed by atoms with E-state index in [0.717, 1.165) is 70.6 Å². The second kappa shape index (κ2) is 56.4. The summed E-state index contributed by atoms with van der Waals surface area (Å²) in [6, 6.07) is 0. The summed E-state index contributed by atoms with van der Waals surface area (Å²) < 4.78 is 16.8. The van der Waals surface area contributed by atoms with E-state index in [1.807, 2.05) is 30.4 Å². The summed E-state index contributed by atoms with van der Waals surface area (Å²) in [5.41, 5.74) is 0. The zero-order chi connectivity index (χ0) is 49.3. The Morgan fingerprint density at radius 1 is 0.309 bits per heavy atom. The first-order chi connectivity index (χ1) is 33.5. The van der Waals surface area contributed by atoms with Crippen LogP contribution in [0.3, 0.4) is 0 Å². The van der Waals surface area contributed by atoms with Crippen LogP contribution in [0, 0.1) is 0 Å². The molecule has 0 aliphatic heterocycles. The molecule has 0 spiro atoms. The van der Waals surface area contributed by atoms with Gasteiger partial charge in [-0.1, -0.05) is 273 Å². The van der Waals surface area contributed by atoms with Gasteiger partial charge in [0.25, 0.3) is 0 Å². The molecule has 0 saturated carbocycles. The van der Waals surface area contributed by atoms with E-state index >= 15 is 0 Å². The maximum absolute atomic E-state index is 12.9. The lowest BCUT2D eigenvalue weighted by Gasteiger charge is -2.18. The molecule has 392 valence electrons. The minimum Gasteiger partial charge on any atom is -0.462 e. The smallest absolute Gasteiger partial charge is 0.306 e. The standard InChI is InChI=1S/C62H108O6/c1-4-7-10-13-16-19-22-25-27-29-31-33-34-37-40-43-46-49-52-55-61(64)67-58-59(57-66-60(63)54-51-48-45-42-39-36-24-21-18-15-12-9-6-3)68-62(65)56-53-50-47-44-41-38-35-32-30-28-26-23-20-17-14-11-8-5-2/h9,12,15-16,18-19,21-22,24-25,36,39,59H,4-8,10-11,13-14,17,20,23,26-35,37-38,40-58H2,1-3H3/b12-9-,18-15-,19-16-,24-21-,25-22-,39-36-. The molecule has 0 aromatic carbocycles. The third-order valence-electron chi connectivity index (χ3n) is 12.6. The van der Waals surface area contributed by atoms with Gasteiger partial charge in [0.2, 0.25) is 0 Å². The Bertz CT molecular complexity index is 1270. The summed E-state index contributed by atoms with van der Waals surface area (Å²) in [5.74, 6) is -0.920. The van der Waals surface area contributed by atoms with E-state index in [0.29, 0.717) is 19.3 Å². The number of hydrogen-bond donors (Lipinski definition) is 0. The highest BCUT2D eigenvalue weighted by Gasteiger charge is 2.19. The van der Waals surface area contributed by atoms with Gasteiger partial charge in [-0.3, -0.25) is 14.4 Å². The number of carbonyl (C=O) groups is 3. The van der Waals surface area contributed by atoms with Crippen LogP contribution in [-0.4, -0.2) is 37.2 Å². The molecule has 6 nitrogen and oxygen atoms in total. The van der Waals surface area contributed by atoms with Gasteiger partial charge in [0.1, 0.15) is 13.2 Å². The van der Waals surface area contributed by atoms with Crippen molar-refractivity contribution in [2.24, 2.45) is 0 Å². The van der Waals surface area contributed by atoms with Crippen molar-refractivity contribution < 1.29 is 28.6 Å². The Kier molecular flexibility index (Phi) is 53.8. The van der Waals surface area contributed by atoms with Gasteiger partial charge in [0.05, 0.1) is 0 Å². The number of unbranched alkanes of at least 4 members (excludes halogenated alkanes) is 33. The van der Waals surface area contributed by atoms with Crippen LogP contribution in [0.15, 0.2) is 72.9 Å². The molecule has 68 heavy (non-hydrogen) atoms. The van der Waals surface area contributed by atoms with Gasteiger partial charge < -0.3 is 14.2 Å². The van der Waals surface area contributed by atoms with Crippen LogP contribution in [-0.2, 0) is 28.6 Å². The maximum Gasteiger partial charge on any atom is 0.306 e. The third kappa shape index (κ3) is 53.8. The highest BCUT2D eigenvalue weighted by atomic mass is 16.6. The second-order valence-corrected chi connectivity index (χ2v) is 19.3. The molecular weight excluding hydrogens is 841 g/mol. The number of hydrogen-bond acceptors (Lipinski definition) is 6. The van der Waals surface area contributed by atoms with Gasteiger partial charge in [-0.15, -0.1) is 0 Å². The number of carbonyl (C=O) groups excluding carboxylic acids is 3. The topological polar surface area (TPSA) is 78.9 Å². The van der Waals surface area contributed by atoms with Crippen molar-refractivity contribution in [3.05, 3.63) is 72.9 Å². The Morgan fingerprint density at radius 3 is 0.956 bits per heavy atom. The Morgan fingerprint density at radius 2 is 0.574 bits per heavy atom. The summed E-state index contributed by atoms with van der Waals surface area (Å²) in [6.45, 7) is 6.46. The van der Waals surface area contributed by atoms with Crippen molar-refractivity contribution in [2.45, 2.75) is 290 Å². The minimum atomic E-state index is -0.791. The van der Waals surface area contributed by atoms with Crippen LogP contribution in [0.2, 0.25) is 0 Å². The van der Waals surface area contributed by atoms with Crippen molar-refractivity contribution in [1.82, 2.24) is 0 Å². The van der Waals surface area contributed by atoms with Crippen LogP contribution in [0.1, 0.15) is 284 Å². The third-order valence-corrected chi connectivity index (χ3v) is 12.6. The monoisotopic (exact) mass is 949 g/mol. The summed E-state index contributed by atoms with van der Waals surface area (Å²) in [4.78, 5) is 38.1. The molecular formula is C62H108O6. The molecule has 6 heteroatoms. The van der Waals surface area contributed by atoms with Crippen molar-refractivity contribution in [3.63, 3.8) is 0 Å². The zero-order valence-electron chi connectivity index (χ0n) is 44.9. The predicted molar refractivity (Wildman–Crippen MR) is 293 cm³/mol. The molecule has 0 radical (unpaired) electrons. The van der Waals surface area contributed by atoms with E-state index in [4.69, 9.17) is 14.2 Å². The molecule has 1 unspecified atom stereocenters. The number of ether oxygens (including phenoxy) is 3. The number of rotatable bonds is 52. The maximum atomic E-state index is 12.9. The molecule has 0 aliphatic carbocycles. The van der Waals surface area contributed by atoms with Crippen LogP contribution >= 0.6 is 0 Å². The molecule has 0 fully saturated rings. The highest BCUT2D eigenvalue weighted by molar-refractivity contribution is 5.71. The predicted octanol–water partition coefficient (Wildman–Crippen LogP) is 19.4. The fraction of sp³-hybridized carbons (Fsp3) is 0.758. The summed E-state index contributed by atoms with van der Waals surface area (Å²) in [7, 11) is 0. The SMILES string of the molecule is CC\C=C/C=C\C=C/C=C\CCCCCC(=O)OCC(COC(=O)CCCCCCCCCCCC/C=C\C=C/CCCCC)OC(=O)CCCCCCCCCCCCCCCCCCCC. The molecule has 1 atom stereocenters. The molecule has 0 aromatic rings. The van der Waals surface area contributed by atoms with Crippen molar-refractivity contribution in [3.8, 4) is 0 Å². The fourth-order valence-corrected chi connectivity index (χ4v) is 8.21. The van der Waals surface area contributed by atoms with E-state index in [9.17, 15) is 14.4 Å². The van der Waals surface area contributed by atoms with Crippen molar-refractivity contribution in [2.75, 3.05) is 13.2 Å².